The van der Waals surface area contributed by atoms with Gasteiger partial charge in [0.25, 0.3) is 0 Å². The molecule has 3 aromatic rings. The molecular formula is C20H20F3N5O. The van der Waals surface area contributed by atoms with Gasteiger partial charge >= 0.3 is 0 Å². The highest BCUT2D eigenvalue weighted by Gasteiger charge is 2.17. The molecule has 152 valence electrons. The predicted octanol–water partition coefficient (Wildman–Crippen LogP) is 4.13. The lowest BCUT2D eigenvalue weighted by molar-refractivity contribution is 0.248. The van der Waals surface area contributed by atoms with Gasteiger partial charge in [0, 0.05) is 12.3 Å². The number of hydrogen-bond donors (Lipinski definition) is 3. The zero-order valence-corrected chi connectivity index (χ0v) is 15.8. The Kier molecular flexibility index (Phi) is 6.28. The summed E-state index contributed by atoms with van der Waals surface area (Å²) in [5, 5.41) is 15.2. The molecule has 0 aliphatic carbocycles. The number of benzene rings is 1. The first-order valence-electron chi connectivity index (χ1n) is 8.97. The maximum atomic E-state index is 14.1. The van der Waals surface area contributed by atoms with Crippen molar-refractivity contribution in [1.82, 2.24) is 15.0 Å². The third-order valence-electron chi connectivity index (χ3n) is 4.27. The fraction of sp³-hybridized carbons (Fsp3) is 0.250. The van der Waals surface area contributed by atoms with Crippen LogP contribution in [0.1, 0.15) is 13.8 Å². The van der Waals surface area contributed by atoms with Gasteiger partial charge in [-0.1, -0.05) is 19.9 Å². The second-order valence-electron chi connectivity index (χ2n) is 6.70. The fourth-order valence-electron chi connectivity index (χ4n) is 2.57. The van der Waals surface area contributed by atoms with Gasteiger partial charge in [-0.05, 0) is 30.2 Å². The van der Waals surface area contributed by atoms with E-state index in [0.29, 0.717) is 11.4 Å². The van der Waals surface area contributed by atoms with Gasteiger partial charge in [-0.3, -0.25) is 4.98 Å². The molecule has 9 heteroatoms. The first-order valence-corrected chi connectivity index (χ1v) is 8.97. The van der Waals surface area contributed by atoms with Gasteiger partial charge in [0.15, 0.2) is 17.5 Å². The molecule has 0 radical (unpaired) electrons. The fourth-order valence-corrected chi connectivity index (χ4v) is 2.57. The molecule has 0 saturated carbocycles. The molecule has 0 amide bonds. The summed E-state index contributed by atoms with van der Waals surface area (Å²) in [7, 11) is 0. The average molecular weight is 403 g/mol. The van der Waals surface area contributed by atoms with Gasteiger partial charge in [-0.25, -0.2) is 18.2 Å². The lowest BCUT2D eigenvalue weighted by atomic mass is 10.1. The minimum atomic E-state index is -1.58. The highest BCUT2D eigenvalue weighted by Crippen LogP contribution is 2.26. The van der Waals surface area contributed by atoms with Gasteiger partial charge in [-0.15, -0.1) is 0 Å². The van der Waals surface area contributed by atoms with Crippen molar-refractivity contribution in [2.75, 3.05) is 17.2 Å². The van der Waals surface area contributed by atoms with Crippen LogP contribution in [-0.2, 0) is 0 Å². The molecule has 2 heterocycles. The summed E-state index contributed by atoms with van der Waals surface area (Å²) in [6.45, 7) is 3.70. The Labute approximate surface area is 165 Å². The van der Waals surface area contributed by atoms with Gasteiger partial charge in [0.1, 0.15) is 5.82 Å². The molecule has 0 saturated heterocycles. The van der Waals surface area contributed by atoms with Gasteiger partial charge < -0.3 is 15.7 Å². The number of nitrogens with one attached hydrogen (secondary N) is 2. The summed E-state index contributed by atoms with van der Waals surface area (Å²) < 4.78 is 40.8. The molecule has 0 aliphatic heterocycles. The summed E-state index contributed by atoms with van der Waals surface area (Å²) in [6, 6.07) is 8.36. The zero-order chi connectivity index (χ0) is 21.0. The van der Waals surface area contributed by atoms with E-state index in [1.54, 1.807) is 24.4 Å². The second-order valence-corrected chi connectivity index (χ2v) is 6.70. The standard InChI is InChI=1S/C20H20F3N5O/c1-11(2)16(10-29)27-20-26-15(13-5-3-4-8-24-13)9-17(28-20)25-14-7-6-12(21)18(22)19(14)23/h3-9,11,16,29H,10H2,1-2H3,(H2,25,26,27,28)/t16-/m0/s1. The quantitative estimate of drug-likeness (QED) is 0.515. The van der Waals surface area contributed by atoms with Crippen molar-refractivity contribution in [2.45, 2.75) is 19.9 Å². The second kappa shape index (κ2) is 8.87. The maximum absolute atomic E-state index is 14.1. The van der Waals surface area contributed by atoms with Crippen molar-refractivity contribution in [3.8, 4) is 11.4 Å². The number of hydrogen-bond acceptors (Lipinski definition) is 6. The molecule has 0 spiro atoms. The van der Waals surface area contributed by atoms with Crippen LogP contribution in [0.25, 0.3) is 11.4 Å². The summed E-state index contributed by atoms with van der Waals surface area (Å²) in [4.78, 5) is 12.9. The van der Waals surface area contributed by atoms with E-state index in [1.165, 1.54) is 6.07 Å². The summed E-state index contributed by atoms with van der Waals surface area (Å²) in [5.41, 5.74) is 0.689. The van der Waals surface area contributed by atoms with Crippen molar-refractivity contribution in [3.63, 3.8) is 0 Å². The zero-order valence-electron chi connectivity index (χ0n) is 15.8. The molecule has 6 nitrogen and oxygen atoms in total. The summed E-state index contributed by atoms with van der Waals surface area (Å²) in [6.07, 6.45) is 1.59. The Bertz CT molecular complexity index is 985. The number of nitrogens with zero attached hydrogens (tertiary/aromatic N) is 3. The van der Waals surface area contributed by atoms with Crippen molar-refractivity contribution >= 4 is 17.5 Å². The van der Waals surface area contributed by atoms with E-state index >= 15 is 0 Å². The average Bonchev–Trinajstić information content (AvgIpc) is 2.72. The number of rotatable bonds is 7. The molecule has 2 aromatic heterocycles. The third-order valence-corrected chi connectivity index (χ3v) is 4.27. The molecule has 1 aromatic carbocycles. The van der Waals surface area contributed by atoms with Gasteiger partial charge in [0.2, 0.25) is 5.95 Å². The Morgan fingerprint density at radius 2 is 1.79 bits per heavy atom. The maximum Gasteiger partial charge on any atom is 0.225 e. The molecule has 0 fully saturated rings. The summed E-state index contributed by atoms with van der Waals surface area (Å²) >= 11 is 0. The highest BCUT2D eigenvalue weighted by atomic mass is 19.2. The number of aliphatic hydroxyl groups excluding tert-OH is 1. The van der Waals surface area contributed by atoms with Crippen LogP contribution >= 0.6 is 0 Å². The Morgan fingerprint density at radius 1 is 1.00 bits per heavy atom. The molecular weight excluding hydrogens is 383 g/mol. The third kappa shape index (κ3) is 4.80. The number of anilines is 3. The molecule has 0 unspecified atom stereocenters. The summed E-state index contributed by atoms with van der Waals surface area (Å²) in [5.74, 6) is -3.81. The molecule has 1 atom stereocenters. The molecule has 3 rings (SSSR count). The van der Waals surface area contributed by atoms with E-state index in [4.69, 9.17) is 0 Å². The normalized spacial score (nSPS) is 12.1. The minimum absolute atomic E-state index is 0.0853. The highest BCUT2D eigenvalue weighted by molar-refractivity contribution is 5.65. The SMILES string of the molecule is CC(C)[C@H](CO)Nc1nc(Nc2ccc(F)c(F)c2F)cc(-c2ccccn2)n1. The van der Waals surface area contributed by atoms with E-state index < -0.39 is 17.5 Å². The smallest absolute Gasteiger partial charge is 0.225 e. The Balaban J connectivity index is 2.01. The van der Waals surface area contributed by atoms with Crippen LogP contribution in [0.5, 0.6) is 0 Å². The largest absolute Gasteiger partial charge is 0.394 e. The number of halogens is 3. The van der Waals surface area contributed by atoms with Crippen molar-refractivity contribution in [3.05, 3.63) is 60.0 Å². The first kappa shape index (κ1) is 20.5. The Morgan fingerprint density at radius 3 is 2.45 bits per heavy atom. The number of aromatic nitrogens is 3. The monoisotopic (exact) mass is 403 g/mol. The van der Waals surface area contributed by atoms with Crippen LogP contribution in [0.3, 0.4) is 0 Å². The lowest BCUT2D eigenvalue weighted by Gasteiger charge is -2.20. The van der Waals surface area contributed by atoms with E-state index in [0.717, 1.165) is 12.1 Å². The minimum Gasteiger partial charge on any atom is -0.394 e. The van der Waals surface area contributed by atoms with Crippen LogP contribution < -0.4 is 10.6 Å². The van der Waals surface area contributed by atoms with Crippen molar-refractivity contribution < 1.29 is 18.3 Å². The van der Waals surface area contributed by atoms with Gasteiger partial charge in [0.05, 0.1) is 29.7 Å². The van der Waals surface area contributed by atoms with Crippen molar-refractivity contribution in [2.24, 2.45) is 5.92 Å². The number of pyridine rings is 1. The van der Waals surface area contributed by atoms with Crippen LogP contribution in [0.15, 0.2) is 42.6 Å². The van der Waals surface area contributed by atoms with E-state index in [9.17, 15) is 18.3 Å². The van der Waals surface area contributed by atoms with Crippen LogP contribution in [-0.4, -0.2) is 32.7 Å². The number of aliphatic hydroxyl groups is 1. The molecule has 0 bridgehead atoms. The van der Waals surface area contributed by atoms with Crippen molar-refractivity contribution in [1.29, 1.82) is 0 Å². The van der Waals surface area contributed by atoms with Gasteiger partial charge in [-0.2, -0.15) is 4.98 Å². The predicted molar refractivity (Wildman–Crippen MR) is 104 cm³/mol. The van der Waals surface area contributed by atoms with E-state index in [2.05, 4.69) is 25.6 Å². The van der Waals surface area contributed by atoms with Crippen LogP contribution in [0.4, 0.5) is 30.6 Å². The topological polar surface area (TPSA) is 83.0 Å². The molecule has 3 N–H and O–H groups in total. The lowest BCUT2D eigenvalue weighted by Crippen LogP contribution is -2.30. The van der Waals surface area contributed by atoms with E-state index in [-0.39, 0.29) is 36.0 Å². The van der Waals surface area contributed by atoms with Crippen LogP contribution in [0, 0.1) is 23.4 Å². The van der Waals surface area contributed by atoms with Crippen LogP contribution in [0.2, 0.25) is 0 Å². The Hall–Kier alpha value is -3.20. The molecule has 29 heavy (non-hydrogen) atoms. The first-order chi connectivity index (χ1) is 13.9. The van der Waals surface area contributed by atoms with E-state index in [1.807, 2.05) is 13.8 Å². The molecule has 0 aliphatic rings.